The first-order chi connectivity index (χ1) is 9.11. The van der Waals surface area contributed by atoms with E-state index in [1.165, 1.54) is 25.7 Å². The van der Waals surface area contributed by atoms with Gasteiger partial charge in [-0.25, -0.2) is 0 Å². The van der Waals surface area contributed by atoms with Crippen LogP contribution in [0.4, 0.5) is 0 Å². The molecule has 1 N–H and O–H groups in total. The van der Waals surface area contributed by atoms with Crippen molar-refractivity contribution < 1.29 is 4.79 Å². The van der Waals surface area contributed by atoms with Gasteiger partial charge >= 0.3 is 0 Å². The van der Waals surface area contributed by atoms with Gasteiger partial charge in [-0.05, 0) is 56.4 Å². The molecule has 4 atom stereocenters. The molecular weight excluding hydrogens is 238 g/mol. The van der Waals surface area contributed by atoms with Crippen molar-refractivity contribution in [2.75, 3.05) is 0 Å². The molecule has 1 amide bonds. The summed E-state index contributed by atoms with van der Waals surface area (Å²) in [7, 11) is 0. The number of carbonyl (C=O) groups is 1. The van der Waals surface area contributed by atoms with E-state index in [1.54, 1.807) is 10.9 Å². The Balaban J connectivity index is 1.52. The number of hydrogen-bond acceptors (Lipinski definition) is 2. The Hall–Kier alpha value is -1.32. The Bertz CT molecular complexity index is 468. The topological polar surface area (TPSA) is 46.9 Å². The normalized spacial score (nSPS) is 30.5. The second kappa shape index (κ2) is 4.99. The highest BCUT2D eigenvalue weighted by Gasteiger charge is 2.42. The van der Waals surface area contributed by atoms with Crippen LogP contribution in [0.1, 0.15) is 38.2 Å². The quantitative estimate of drug-likeness (QED) is 0.902. The maximum absolute atomic E-state index is 12.0. The second-order valence-corrected chi connectivity index (χ2v) is 6.41. The van der Waals surface area contributed by atoms with Gasteiger partial charge in [-0.15, -0.1) is 0 Å². The van der Waals surface area contributed by atoms with Crippen molar-refractivity contribution in [3.05, 3.63) is 18.0 Å². The Morgan fingerprint density at radius 3 is 2.95 bits per heavy atom. The molecule has 0 spiro atoms. The van der Waals surface area contributed by atoms with E-state index in [2.05, 4.69) is 17.3 Å². The lowest BCUT2D eigenvalue weighted by atomic mass is 9.84. The monoisotopic (exact) mass is 261 g/mol. The highest BCUT2D eigenvalue weighted by molar-refractivity contribution is 5.75. The third-order valence-electron chi connectivity index (χ3n) is 4.89. The molecular formula is C15H23N3O. The first-order valence-electron chi connectivity index (χ1n) is 7.40. The maximum atomic E-state index is 12.0. The number of rotatable bonds is 4. The van der Waals surface area contributed by atoms with Crippen molar-refractivity contribution >= 4 is 5.91 Å². The fraction of sp³-hybridized carbons (Fsp3) is 0.733. The Morgan fingerprint density at radius 1 is 1.53 bits per heavy atom. The minimum Gasteiger partial charge on any atom is -0.352 e. The van der Waals surface area contributed by atoms with Gasteiger partial charge in [-0.1, -0.05) is 6.42 Å². The summed E-state index contributed by atoms with van der Waals surface area (Å²) < 4.78 is 1.71. The SMILES string of the molecule is Cc1cnn(CC(=O)N[C@@H](C)[C@H]2C[C@H]3CC[C@H]2C3)c1. The molecule has 0 aliphatic heterocycles. The largest absolute Gasteiger partial charge is 0.352 e. The zero-order valence-electron chi connectivity index (χ0n) is 11.8. The summed E-state index contributed by atoms with van der Waals surface area (Å²) in [6, 6.07) is 0.305. The minimum atomic E-state index is 0.0818. The van der Waals surface area contributed by atoms with Crippen molar-refractivity contribution in [2.45, 2.75) is 52.1 Å². The third kappa shape index (κ3) is 2.67. The molecule has 0 radical (unpaired) electrons. The standard InChI is InChI=1S/C15H23N3O/c1-10-7-16-18(8-10)9-15(19)17-11(2)14-6-12-3-4-13(14)5-12/h7-8,11-14H,3-6,9H2,1-2H3,(H,17,19)/t11-,12-,13-,14+/m0/s1. The van der Waals surface area contributed by atoms with Crippen LogP contribution in [0.15, 0.2) is 12.4 Å². The average molecular weight is 261 g/mol. The summed E-state index contributed by atoms with van der Waals surface area (Å²) in [5, 5.41) is 7.32. The highest BCUT2D eigenvalue weighted by Crippen LogP contribution is 2.49. The van der Waals surface area contributed by atoms with E-state index in [0.717, 1.165) is 17.4 Å². The predicted octanol–water partition coefficient (Wildman–Crippen LogP) is 2.13. The smallest absolute Gasteiger partial charge is 0.241 e. The van der Waals surface area contributed by atoms with Crippen molar-refractivity contribution in [3.63, 3.8) is 0 Å². The molecule has 2 aliphatic carbocycles. The van der Waals surface area contributed by atoms with Crippen LogP contribution in [-0.4, -0.2) is 21.7 Å². The van der Waals surface area contributed by atoms with Gasteiger partial charge in [-0.2, -0.15) is 5.10 Å². The number of nitrogens with one attached hydrogen (secondary N) is 1. The van der Waals surface area contributed by atoms with Crippen LogP contribution in [0.5, 0.6) is 0 Å². The summed E-state index contributed by atoms with van der Waals surface area (Å²) in [4.78, 5) is 12.0. The number of amides is 1. The van der Waals surface area contributed by atoms with Gasteiger partial charge in [0.2, 0.25) is 5.91 Å². The highest BCUT2D eigenvalue weighted by atomic mass is 16.2. The number of nitrogens with zero attached hydrogens (tertiary/aromatic N) is 2. The lowest BCUT2D eigenvalue weighted by molar-refractivity contribution is -0.122. The molecule has 104 valence electrons. The molecule has 2 bridgehead atoms. The number of hydrogen-bond donors (Lipinski definition) is 1. The molecule has 0 unspecified atom stereocenters. The Kier molecular flexibility index (Phi) is 3.33. The van der Waals surface area contributed by atoms with Gasteiger partial charge in [0, 0.05) is 12.2 Å². The Morgan fingerprint density at radius 2 is 2.37 bits per heavy atom. The molecule has 4 nitrogen and oxygen atoms in total. The summed E-state index contributed by atoms with van der Waals surface area (Å²) in [5.41, 5.74) is 1.09. The van der Waals surface area contributed by atoms with Gasteiger partial charge in [0.1, 0.15) is 6.54 Å². The van der Waals surface area contributed by atoms with E-state index in [-0.39, 0.29) is 5.91 Å². The van der Waals surface area contributed by atoms with Gasteiger partial charge < -0.3 is 5.32 Å². The first-order valence-corrected chi connectivity index (χ1v) is 7.40. The fourth-order valence-electron chi connectivity index (χ4n) is 4.01. The van der Waals surface area contributed by atoms with Crippen LogP contribution >= 0.6 is 0 Å². The van der Waals surface area contributed by atoms with Crippen molar-refractivity contribution in [1.82, 2.24) is 15.1 Å². The second-order valence-electron chi connectivity index (χ2n) is 6.41. The van der Waals surface area contributed by atoms with Crippen molar-refractivity contribution in [2.24, 2.45) is 17.8 Å². The van der Waals surface area contributed by atoms with Crippen LogP contribution in [0.2, 0.25) is 0 Å². The van der Waals surface area contributed by atoms with Gasteiger partial charge in [0.25, 0.3) is 0 Å². The van der Waals surface area contributed by atoms with E-state index < -0.39 is 0 Å². The van der Waals surface area contributed by atoms with Crippen molar-refractivity contribution in [3.8, 4) is 0 Å². The van der Waals surface area contributed by atoms with E-state index in [4.69, 9.17) is 0 Å². The average Bonchev–Trinajstić information content (AvgIpc) is 3.05. The lowest BCUT2D eigenvalue weighted by Crippen LogP contribution is -2.41. The Labute approximate surface area is 114 Å². The van der Waals surface area contributed by atoms with E-state index in [9.17, 15) is 4.79 Å². The van der Waals surface area contributed by atoms with E-state index in [1.807, 2.05) is 13.1 Å². The van der Waals surface area contributed by atoms with E-state index in [0.29, 0.717) is 18.5 Å². The van der Waals surface area contributed by atoms with Gasteiger partial charge in [0.15, 0.2) is 0 Å². The van der Waals surface area contributed by atoms with Crippen LogP contribution in [0, 0.1) is 24.7 Å². The third-order valence-corrected chi connectivity index (χ3v) is 4.89. The molecule has 0 aromatic carbocycles. The summed E-state index contributed by atoms with van der Waals surface area (Å²) in [6.07, 6.45) is 9.17. The molecule has 4 heteroatoms. The van der Waals surface area contributed by atoms with Crippen molar-refractivity contribution in [1.29, 1.82) is 0 Å². The number of aromatic nitrogens is 2. The summed E-state index contributed by atoms with van der Waals surface area (Å²) in [6.45, 7) is 4.48. The molecule has 0 saturated heterocycles. The molecule has 1 aromatic rings. The maximum Gasteiger partial charge on any atom is 0.241 e. The molecule has 1 heterocycles. The van der Waals surface area contributed by atoms with Crippen LogP contribution in [0.25, 0.3) is 0 Å². The molecule has 2 aliphatic rings. The fourth-order valence-corrected chi connectivity index (χ4v) is 4.01. The summed E-state index contributed by atoms with van der Waals surface area (Å²) in [5.74, 6) is 2.57. The molecule has 2 saturated carbocycles. The van der Waals surface area contributed by atoms with E-state index >= 15 is 0 Å². The molecule has 19 heavy (non-hydrogen) atoms. The number of fused-ring (bicyclic) bond motifs is 2. The van der Waals surface area contributed by atoms with Gasteiger partial charge in [-0.3, -0.25) is 9.48 Å². The lowest BCUT2D eigenvalue weighted by Gasteiger charge is -2.28. The van der Waals surface area contributed by atoms with Gasteiger partial charge in [0.05, 0.1) is 6.20 Å². The zero-order valence-corrected chi connectivity index (χ0v) is 11.8. The molecule has 1 aromatic heterocycles. The van der Waals surface area contributed by atoms with Crippen LogP contribution < -0.4 is 5.32 Å². The minimum absolute atomic E-state index is 0.0818. The first kappa shape index (κ1) is 12.7. The number of carbonyl (C=O) groups excluding carboxylic acids is 1. The summed E-state index contributed by atoms with van der Waals surface area (Å²) >= 11 is 0. The molecule has 2 fully saturated rings. The van der Waals surface area contributed by atoms with Crippen LogP contribution in [0.3, 0.4) is 0 Å². The zero-order chi connectivity index (χ0) is 13.4. The number of aryl methyl sites for hydroxylation is 1. The molecule has 3 rings (SSSR count). The van der Waals surface area contributed by atoms with Crippen LogP contribution in [-0.2, 0) is 11.3 Å². The predicted molar refractivity (Wildman–Crippen MR) is 73.5 cm³/mol.